The number of hydrogen-bond donors (Lipinski definition) is 2. The van der Waals surface area contributed by atoms with Gasteiger partial charge in [-0.05, 0) is 18.2 Å². The molecule has 2 amide bonds. The lowest BCUT2D eigenvalue weighted by molar-refractivity contribution is 0.0997. The Morgan fingerprint density at radius 3 is 2.68 bits per heavy atom. The number of nitrogens with two attached hydrogens (primary N) is 1. The van der Waals surface area contributed by atoms with Crippen molar-refractivity contribution in [1.29, 1.82) is 0 Å². The van der Waals surface area contributed by atoms with Gasteiger partial charge in [-0.2, -0.15) is 0 Å². The second kappa shape index (κ2) is 6.48. The average Bonchev–Trinajstić information content (AvgIpc) is 3.05. The van der Waals surface area contributed by atoms with Crippen LogP contribution in [0.5, 0.6) is 0 Å². The number of pyridine rings is 1. The van der Waals surface area contributed by atoms with Crippen molar-refractivity contribution in [3.05, 3.63) is 65.7 Å². The van der Waals surface area contributed by atoms with Crippen LogP contribution in [0.4, 0.5) is 14.5 Å². The minimum absolute atomic E-state index is 0.00895. The maximum Gasteiger partial charge on any atom is 0.258 e. The number of hydrogen-bond acceptors (Lipinski definition) is 5. The molecule has 3 rings (SSSR count). The van der Waals surface area contributed by atoms with Gasteiger partial charge < -0.3 is 15.6 Å². The fraction of sp³-hybridized carbons (Fsp3) is 0. The van der Waals surface area contributed by atoms with Gasteiger partial charge in [-0.25, -0.2) is 8.78 Å². The zero-order valence-electron chi connectivity index (χ0n) is 12.5. The van der Waals surface area contributed by atoms with Crippen LogP contribution in [-0.4, -0.2) is 22.0 Å². The van der Waals surface area contributed by atoms with Crippen molar-refractivity contribution in [1.82, 2.24) is 10.1 Å². The summed E-state index contributed by atoms with van der Waals surface area (Å²) >= 11 is 0. The van der Waals surface area contributed by atoms with Crippen molar-refractivity contribution in [3.8, 4) is 11.3 Å². The fourth-order valence-electron chi connectivity index (χ4n) is 2.17. The molecule has 0 saturated carbocycles. The number of halogens is 2. The van der Waals surface area contributed by atoms with E-state index in [9.17, 15) is 18.4 Å². The zero-order chi connectivity index (χ0) is 18.0. The third kappa shape index (κ3) is 3.20. The molecule has 25 heavy (non-hydrogen) atoms. The Balaban J connectivity index is 1.98. The summed E-state index contributed by atoms with van der Waals surface area (Å²) in [4.78, 5) is 27.5. The lowest BCUT2D eigenvalue weighted by Gasteiger charge is -2.10. The van der Waals surface area contributed by atoms with Crippen LogP contribution in [0.25, 0.3) is 11.3 Å². The van der Waals surface area contributed by atoms with E-state index < -0.39 is 23.4 Å². The molecule has 0 aliphatic heterocycles. The molecule has 0 aliphatic carbocycles. The first-order valence-corrected chi connectivity index (χ1v) is 6.92. The SMILES string of the molecule is NC(=O)c1conc1-c1ccncc1NC(=O)c1ccc(F)cc1F. The number of anilines is 1. The van der Waals surface area contributed by atoms with Gasteiger partial charge in [0.15, 0.2) is 0 Å². The number of rotatable bonds is 4. The van der Waals surface area contributed by atoms with Crippen LogP contribution in [0.3, 0.4) is 0 Å². The second-order valence-electron chi connectivity index (χ2n) is 4.94. The molecule has 0 spiro atoms. The van der Waals surface area contributed by atoms with E-state index in [1.807, 2.05) is 0 Å². The number of amides is 2. The molecule has 126 valence electrons. The van der Waals surface area contributed by atoms with Crippen LogP contribution < -0.4 is 11.1 Å². The highest BCUT2D eigenvalue weighted by atomic mass is 19.1. The number of nitrogens with zero attached hydrogens (tertiary/aromatic N) is 2. The van der Waals surface area contributed by atoms with Gasteiger partial charge in [-0.15, -0.1) is 0 Å². The van der Waals surface area contributed by atoms with Gasteiger partial charge >= 0.3 is 0 Å². The second-order valence-corrected chi connectivity index (χ2v) is 4.94. The van der Waals surface area contributed by atoms with Gasteiger partial charge in [0.25, 0.3) is 11.8 Å². The predicted octanol–water partition coefficient (Wildman–Crippen LogP) is 2.37. The highest BCUT2D eigenvalue weighted by Gasteiger charge is 2.20. The van der Waals surface area contributed by atoms with Crippen molar-refractivity contribution in [2.24, 2.45) is 5.73 Å². The first-order valence-electron chi connectivity index (χ1n) is 6.92. The number of carbonyl (C=O) groups is 2. The van der Waals surface area contributed by atoms with E-state index in [1.165, 1.54) is 18.5 Å². The number of primary amides is 1. The van der Waals surface area contributed by atoms with E-state index in [0.29, 0.717) is 11.6 Å². The summed E-state index contributed by atoms with van der Waals surface area (Å²) in [6.45, 7) is 0. The van der Waals surface area contributed by atoms with Crippen molar-refractivity contribution in [2.75, 3.05) is 5.32 Å². The number of nitrogens with one attached hydrogen (secondary N) is 1. The van der Waals surface area contributed by atoms with E-state index >= 15 is 0 Å². The number of benzene rings is 1. The molecule has 1 aromatic carbocycles. The average molecular weight is 344 g/mol. The number of aromatic nitrogens is 2. The van der Waals surface area contributed by atoms with Gasteiger partial charge in [0.1, 0.15) is 29.2 Å². The normalized spacial score (nSPS) is 10.5. The monoisotopic (exact) mass is 344 g/mol. The smallest absolute Gasteiger partial charge is 0.258 e. The third-order valence-corrected chi connectivity index (χ3v) is 3.34. The molecule has 0 radical (unpaired) electrons. The minimum atomic E-state index is -1.01. The Hall–Kier alpha value is -3.62. The summed E-state index contributed by atoms with van der Waals surface area (Å²) in [6, 6.07) is 4.05. The van der Waals surface area contributed by atoms with Crippen LogP contribution in [0.15, 0.2) is 47.4 Å². The van der Waals surface area contributed by atoms with Gasteiger partial charge in [-0.1, -0.05) is 5.16 Å². The molecule has 7 nitrogen and oxygen atoms in total. The van der Waals surface area contributed by atoms with E-state index in [-0.39, 0.29) is 22.5 Å². The first-order chi connectivity index (χ1) is 12.0. The van der Waals surface area contributed by atoms with E-state index in [0.717, 1.165) is 18.4 Å². The Bertz CT molecular complexity index is 972. The van der Waals surface area contributed by atoms with Crippen molar-refractivity contribution in [2.45, 2.75) is 0 Å². The van der Waals surface area contributed by atoms with Crippen LogP contribution >= 0.6 is 0 Å². The van der Waals surface area contributed by atoms with E-state index in [1.54, 1.807) is 0 Å². The maximum atomic E-state index is 13.7. The molecule has 0 atom stereocenters. The van der Waals surface area contributed by atoms with E-state index in [2.05, 4.69) is 15.5 Å². The summed E-state index contributed by atoms with van der Waals surface area (Å²) in [5, 5.41) is 6.14. The summed E-state index contributed by atoms with van der Waals surface area (Å²) in [5.41, 5.74) is 5.45. The van der Waals surface area contributed by atoms with Gasteiger partial charge in [-0.3, -0.25) is 14.6 Å². The number of carbonyl (C=O) groups excluding carboxylic acids is 2. The zero-order valence-corrected chi connectivity index (χ0v) is 12.5. The van der Waals surface area contributed by atoms with Crippen LogP contribution in [0.1, 0.15) is 20.7 Å². The highest BCUT2D eigenvalue weighted by molar-refractivity contribution is 6.07. The molecule has 0 fully saturated rings. The maximum absolute atomic E-state index is 13.7. The Morgan fingerprint density at radius 2 is 1.96 bits per heavy atom. The molecule has 2 aromatic heterocycles. The van der Waals surface area contributed by atoms with Crippen molar-refractivity contribution >= 4 is 17.5 Å². The van der Waals surface area contributed by atoms with Crippen LogP contribution in [0, 0.1) is 11.6 Å². The minimum Gasteiger partial charge on any atom is -0.365 e. The summed E-state index contributed by atoms with van der Waals surface area (Å²) in [5.74, 6) is -3.40. The van der Waals surface area contributed by atoms with E-state index in [4.69, 9.17) is 10.3 Å². The van der Waals surface area contributed by atoms with Crippen molar-refractivity contribution in [3.63, 3.8) is 0 Å². The summed E-state index contributed by atoms with van der Waals surface area (Å²) < 4.78 is 31.5. The fourth-order valence-corrected chi connectivity index (χ4v) is 2.17. The molecular weight excluding hydrogens is 334 g/mol. The Labute approximate surface area is 139 Å². The Kier molecular flexibility index (Phi) is 4.21. The predicted molar refractivity (Wildman–Crippen MR) is 82.6 cm³/mol. The third-order valence-electron chi connectivity index (χ3n) is 3.34. The molecule has 9 heteroatoms. The summed E-state index contributed by atoms with van der Waals surface area (Å²) in [7, 11) is 0. The quantitative estimate of drug-likeness (QED) is 0.755. The molecule has 3 aromatic rings. The van der Waals surface area contributed by atoms with Gasteiger partial charge in [0.05, 0.1) is 17.4 Å². The van der Waals surface area contributed by atoms with Gasteiger partial charge in [0.2, 0.25) is 0 Å². The van der Waals surface area contributed by atoms with Gasteiger partial charge in [0, 0.05) is 17.8 Å². The van der Waals surface area contributed by atoms with Crippen molar-refractivity contribution < 1.29 is 22.9 Å². The molecule has 0 saturated heterocycles. The molecule has 0 unspecified atom stereocenters. The lowest BCUT2D eigenvalue weighted by Crippen LogP contribution is -2.15. The largest absolute Gasteiger partial charge is 0.365 e. The molecule has 2 heterocycles. The molecule has 0 bridgehead atoms. The summed E-state index contributed by atoms with van der Waals surface area (Å²) in [6.07, 6.45) is 3.76. The molecular formula is C16H10F2N4O3. The lowest BCUT2D eigenvalue weighted by atomic mass is 10.1. The molecule has 3 N–H and O–H groups in total. The van der Waals surface area contributed by atoms with Crippen LogP contribution in [-0.2, 0) is 0 Å². The Morgan fingerprint density at radius 1 is 1.16 bits per heavy atom. The standard InChI is InChI=1S/C16H10F2N4O3/c17-8-1-2-9(12(18)5-8)16(24)21-13-6-20-4-3-10(13)14-11(15(19)23)7-25-22-14/h1-7H,(H2,19,23)(H,21,24). The molecule has 0 aliphatic rings. The highest BCUT2D eigenvalue weighted by Crippen LogP contribution is 2.29. The topological polar surface area (TPSA) is 111 Å². The van der Waals surface area contributed by atoms with Crippen LogP contribution in [0.2, 0.25) is 0 Å². The first kappa shape index (κ1) is 16.2.